The van der Waals surface area contributed by atoms with Gasteiger partial charge in [-0.1, -0.05) is 39.3 Å². The summed E-state index contributed by atoms with van der Waals surface area (Å²) in [6.45, 7) is 8.86. The second-order valence-electron chi connectivity index (χ2n) is 7.41. The molecule has 5 heteroatoms. The van der Waals surface area contributed by atoms with E-state index in [1.54, 1.807) is 0 Å². The van der Waals surface area contributed by atoms with E-state index in [0.717, 1.165) is 57.2 Å². The number of hydrogen-bond acceptors (Lipinski definition) is 4. The highest BCUT2D eigenvalue weighted by molar-refractivity contribution is 5.80. The summed E-state index contributed by atoms with van der Waals surface area (Å²) in [6.07, 6.45) is 10.0. The van der Waals surface area contributed by atoms with E-state index in [9.17, 15) is 9.59 Å². The minimum atomic E-state index is 0.134. The number of aryl methyl sites for hydroxylation is 2. The highest BCUT2D eigenvalue weighted by Crippen LogP contribution is 2.12. The molecule has 0 saturated heterocycles. The van der Waals surface area contributed by atoms with E-state index in [0.29, 0.717) is 24.4 Å². The Hall–Kier alpha value is -1.52. The third-order valence-corrected chi connectivity index (χ3v) is 4.67. The number of ketones is 2. The largest absolute Gasteiger partial charge is 0.299 e. The molecule has 0 bridgehead atoms. The standard InChI is InChI=1S/C20H35N3O2/c1-5-10-17(4)20(25)13-7-6-11-18-15-23(22-21-18)14-9-8-12-19(24)16(2)3/h15-17H,5-14H2,1-4H3. The van der Waals surface area contributed by atoms with Crippen LogP contribution in [0.15, 0.2) is 6.20 Å². The number of carbonyl (C=O) groups excluding carboxylic acids is 2. The van der Waals surface area contributed by atoms with Gasteiger partial charge in [-0.05, 0) is 38.5 Å². The maximum Gasteiger partial charge on any atom is 0.135 e. The molecular formula is C20H35N3O2. The first-order valence-corrected chi connectivity index (χ1v) is 9.88. The fraction of sp³-hybridized carbons (Fsp3) is 0.800. The van der Waals surface area contributed by atoms with Crippen LogP contribution in [0.2, 0.25) is 0 Å². The van der Waals surface area contributed by atoms with Crippen molar-refractivity contribution in [2.24, 2.45) is 11.8 Å². The molecule has 0 amide bonds. The fourth-order valence-corrected chi connectivity index (χ4v) is 2.87. The van der Waals surface area contributed by atoms with E-state index < -0.39 is 0 Å². The molecule has 0 aromatic carbocycles. The van der Waals surface area contributed by atoms with Gasteiger partial charge in [0.15, 0.2) is 0 Å². The van der Waals surface area contributed by atoms with Crippen LogP contribution in [0, 0.1) is 11.8 Å². The number of nitrogens with zero attached hydrogens (tertiary/aromatic N) is 3. The topological polar surface area (TPSA) is 64.8 Å². The van der Waals surface area contributed by atoms with E-state index in [1.807, 2.05) is 31.6 Å². The molecule has 0 saturated carbocycles. The van der Waals surface area contributed by atoms with Gasteiger partial charge in [-0.25, -0.2) is 0 Å². The van der Waals surface area contributed by atoms with Gasteiger partial charge in [-0.15, -0.1) is 5.10 Å². The fourth-order valence-electron chi connectivity index (χ4n) is 2.87. The lowest BCUT2D eigenvalue weighted by Crippen LogP contribution is -2.10. The number of aromatic nitrogens is 3. The Morgan fingerprint density at radius 2 is 1.72 bits per heavy atom. The van der Waals surface area contributed by atoms with Crippen LogP contribution < -0.4 is 0 Å². The minimum absolute atomic E-state index is 0.134. The number of unbranched alkanes of at least 4 members (excludes halogenated alkanes) is 2. The molecule has 0 aliphatic rings. The van der Waals surface area contributed by atoms with E-state index in [2.05, 4.69) is 17.2 Å². The molecule has 1 unspecified atom stereocenters. The lowest BCUT2D eigenvalue weighted by molar-refractivity contribution is -0.123. The molecule has 0 fully saturated rings. The first-order valence-electron chi connectivity index (χ1n) is 9.88. The van der Waals surface area contributed by atoms with Crippen molar-refractivity contribution < 1.29 is 9.59 Å². The molecule has 25 heavy (non-hydrogen) atoms. The lowest BCUT2D eigenvalue weighted by atomic mass is 9.96. The number of Topliss-reactive ketones (excluding diaryl/α,β-unsaturated/α-hetero) is 2. The van der Waals surface area contributed by atoms with Crippen LogP contribution in [0.1, 0.15) is 84.8 Å². The van der Waals surface area contributed by atoms with E-state index in [1.165, 1.54) is 0 Å². The molecule has 5 nitrogen and oxygen atoms in total. The van der Waals surface area contributed by atoms with Gasteiger partial charge in [-0.2, -0.15) is 0 Å². The van der Waals surface area contributed by atoms with Crippen LogP contribution in [0.4, 0.5) is 0 Å². The molecule has 0 aliphatic heterocycles. The second kappa shape index (κ2) is 11.9. The van der Waals surface area contributed by atoms with Gasteiger partial charge in [0.05, 0.1) is 5.69 Å². The summed E-state index contributed by atoms with van der Waals surface area (Å²) in [5, 5.41) is 8.35. The maximum absolute atomic E-state index is 11.9. The molecule has 1 atom stereocenters. The van der Waals surface area contributed by atoms with Crippen molar-refractivity contribution in [2.75, 3.05) is 0 Å². The van der Waals surface area contributed by atoms with Crippen LogP contribution in [0.3, 0.4) is 0 Å². The highest BCUT2D eigenvalue weighted by atomic mass is 16.1. The molecule has 0 aliphatic carbocycles. The van der Waals surface area contributed by atoms with Crippen molar-refractivity contribution in [3.05, 3.63) is 11.9 Å². The first kappa shape index (κ1) is 21.5. The molecule has 142 valence electrons. The Bertz CT molecular complexity index is 523. The van der Waals surface area contributed by atoms with Crippen LogP contribution >= 0.6 is 0 Å². The van der Waals surface area contributed by atoms with E-state index in [-0.39, 0.29) is 11.8 Å². The predicted molar refractivity (Wildman–Crippen MR) is 100 cm³/mol. The molecule has 1 aromatic rings. The Balaban J connectivity index is 2.17. The monoisotopic (exact) mass is 349 g/mol. The van der Waals surface area contributed by atoms with Crippen molar-refractivity contribution in [1.29, 1.82) is 0 Å². The summed E-state index contributed by atoms with van der Waals surface area (Å²) >= 11 is 0. The summed E-state index contributed by atoms with van der Waals surface area (Å²) in [6, 6.07) is 0. The Morgan fingerprint density at radius 3 is 2.40 bits per heavy atom. The first-order chi connectivity index (χ1) is 11.9. The van der Waals surface area contributed by atoms with E-state index >= 15 is 0 Å². The summed E-state index contributed by atoms with van der Waals surface area (Å²) < 4.78 is 1.86. The molecule has 0 radical (unpaired) electrons. The van der Waals surface area contributed by atoms with Crippen LogP contribution in [-0.4, -0.2) is 26.6 Å². The molecule has 1 heterocycles. The van der Waals surface area contributed by atoms with Gasteiger partial charge in [-0.3, -0.25) is 14.3 Å². The zero-order valence-electron chi connectivity index (χ0n) is 16.5. The SMILES string of the molecule is CCCC(C)C(=O)CCCCc1cn(CCCCC(=O)C(C)C)nn1. The van der Waals surface area contributed by atoms with Crippen LogP contribution in [0.5, 0.6) is 0 Å². The zero-order valence-corrected chi connectivity index (χ0v) is 16.5. The smallest absolute Gasteiger partial charge is 0.135 e. The molecular weight excluding hydrogens is 314 g/mol. The quantitative estimate of drug-likeness (QED) is 0.467. The molecule has 0 N–H and O–H groups in total. The van der Waals surface area contributed by atoms with E-state index in [4.69, 9.17) is 0 Å². The van der Waals surface area contributed by atoms with Gasteiger partial charge < -0.3 is 0 Å². The number of rotatable bonds is 14. The molecule has 1 aromatic heterocycles. The highest BCUT2D eigenvalue weighted by Gasteiger charge is 2.11. The summed E-state index contributed by atoms with van der Waals surface area (Å²) in [5.41, 5.74) is 0.993. The third-order valence-electron chi connectivity index (χ3n) is 4.67. The normalized spacial score (nSPS) is 12.5. The van der Waals surface area contributed by atoms with Crippen molar-refractivity contribution >= 4 is 11.6 Å². The van der Waals surface area contributed by atoms with Crippen molar-refractivity contribution in [3.63, 3.8) is 0 Å². The second-order valence-corrected chi connectivity index (χ2v) is 7.41. The van der Waals surface area contributed by atoms with Gasteiger partial charge in [0, 0.05) is 37.4 Å². The van der Waals surface area contributed by atoms with Crippen molar-refractivity contribution in [1.82, 2.24) is 15.0 Å². The Morgan fingerprint density at radius 1 is 1.04 bits per heavy atom. The summed E-state index contributed by atoms with van der Waals surface area (Å²) in [4.78, 5) is 23.5. The predicted octanol–water partition coefficient (Wildman–Crippen LogP) is 4.39. The average Bonchev–Trinajstić information content (AvgIpc) is 3.03. The van der Waals surface area contributed by atoms with Crippen LogP contribution in [0.25, 0.3) is 0 Å². The summed E-state index contributed by atoms with van der Waals surface area (Å²) in [5.74, 6) is 1.06. The van der Waals surface area contributed by atoms with Crippen LogP contribution in [-0.2, 0) is 22.6 Å². The van der Waals surface area contributed by atoms with Gasteiger partial charge >= 0.3 is 0 Å². The van der Waals surface area contributed by atoms with Gasteiger partial charge in [0.1, 0.15) is 11.6 Å². The molecule has 1 rings (SSSR count). The Labute approximate surface area is 152 Å². The molecule has 0 spiro atoms. The van der Waals surface area contributed by atoms with Crippen molar-refractivity contribution in [2.45, 2.75) is 92.0 Å². The van der Waals surface area contributed by atoms with Gasteiger partial charge in [0.25, 0.3) is 0 Å². The zero-order chi connectivity index (χ0) is 18.7. The lowest BCUT2D eigenvalue weighted by Gasteiger charge is -2.08. The number of carbonyl (C=O) groups is 2. The summed E-state index contributed by atoms with van der Waals surface area (Å²) in [7, 11) is 0. The minimum Gasteiger partial charge on any atom is -0.299 e. The maximum atomic E-state index is 11.9. The van der Waals surface area contributed by atoms with Crippen molar-refractivity contribution in [3.8, 4) is 0 Å². The Kier molecular flexibility index (Phi) is 10.3. The average molecular weight is 350 g/mol. The number of hydrogen-bond donors (Lipinski definition) is 0. The van der Waals surface area contributed by atoms with Gasteiger partial charge in [0.2, 0.25) is 0 Å². The third kappa shape index (κ3) is 8.94.